The third kappa shape index (κ3) is 6.63. The lowest BCUT2D eigenvalue weighted by atomic mass is 10.1. The molecular weight excluding hydrogens is 412 g/mol. The topological polar surface area (TPSA) is 80.3 Å². The van der Waals surface area contributed by atoms with Crippen molar-refractivity contribution < 1.29 is 33.3 Å². The molecule has 0 aromatic heterocycles. The van der Waals surface area contributed by atoms with Gasteiger partial charge in [-0.25, -0.2) is 4.79 Å². The van der Waals surface area contributed by atoms with Crippen molar-refractivity contribution in [2.75, 3.05) is 20.8 Å². The molecule has 0 heterocycles. The molecule has 0 aliphatic rings. The molecule has 0 saturated heterocycles. The first kappa shape index (κ1) is 24.5. The number of ether oxygens (including phenoxy) is 5. The average Bonchev–Trinajstić information content (AvgIpc) is 2.76. The van der Waals surface area contributed by atoms with Gasteiger partial charge in [0.2, 0.25) is 0 Å². The predicted octanol–water partition coefficient (Wildman–Crippen LogP) is 5.19. The zero-order valence-corrected chi connectivity index (χ0v) is 19.0. The highest BCUT2D eigenvalue weighted by molar-refractivity contribution is 5.98. The average molecular weight is 440 g/mol. The Labute approximate surface area is 188 Å². The Bertz CT molecular complexity index is 1020. The lowest BCUT2D eigenvalue weighted by molar-refractivity contribution is -0.137. The first-order chi connectivity index (χ1) is 15.3. The Kier molecular flexibility index (Phi) is 8.89. The number of benzene rings is 2. The van der Waals surface area contributed by atoms with Gasteiger partial charge in [-0.2, -0.15) is 0 Å². The summed E-state index contributed by atoms with van der Waals surface area (Å²) in [5.41, 5.74) is 0.856. The van der Waals surface area contributed by atoms with Crippen LogP contribution in [0.3, 0.4) is 0 Å². The van der Waals surface area contributed by atoms with Gasteiger partial charge in [0.15, 0.2) is 17.3 Å². The molecule has 7 heteroatoms. The van der Waals surface area contributed by atoms with E-state index in [0.717, 1.165) is 0 Å². The fourth-order valence-corrected chi connectivity index (χ4v) is 2.74. The molecule has 0 amide bonds. The molecule has 0 aliphatic heterocycles. The molecule has 170 valence electrons. The standard InChI is InChI=1S/C25H28O7/c1-7-12-30-25(27)15-22(18-8-11-21(31-16(2)3)24(13-18)29-6)32-23-14-19(28-5)9-10-20(23)17(4)26/h8-11,13-15H,2,7,12H2,1,3-6H3/b22-15+. The third-order valence-corrected chi connectivity index (χ3v) is 4.22. The second-order valence-electron chi connectivity index (χ2n) is 6.87. The summed E-state index contributed by atoms with van der Waals surface area (Å²) in [6.45, 7) is 9.05. The van der Waals surface area contributed by atoms with E-state index in [-0.39, 0.29) is 23.9 Å². The highest BCUT2D eigenvalue weighted by Crippen LogP contribution is 2.34. The molecule has 0 spiro atoms. The summed E-state index contributed by atoms with van der Waals surface area (Å²) < 4.78 is 27.5. The lowest BCUT2D eigenvalue weighted by Gasteiger charge is -2.16. The van der Waals surface area contributed by atoms with Crippen LogP contribution in [0.4, 0.5) is 0 Å². The van der Waals surface area contributed by atoms with Crippen molar-refractivity contribution in [1.82, 2.24) is 0 Å². The van der Waals surface area contributed by atoms with Crippen molar-refractivity contribution in [3.63, 3.8) is 0 Å². The van der Waals surface area contributed by atoms with Gasteiger partial charge in [0.1, 0.15) is 17.3 Å². The van der Waals surface area contributed by atoms with E-state index in [1.165, 1.54) is 27.2 Å². The van der Waals surface area contributed by atoms with Gasteiger partial charge < -0.3 is 23.7 Å². The smallest absolute Gasteiger partial charge is 0.334 e. The van der Waals surface area contributed by atoms with Gasteiger partial charge in [-0.05, 0) is 50.6 Å². The summed E-state index contributed by atoms with van der Waals surface area (Å²) in [5, 5.41) is 0. The first-order valence-corrected chi connectivity index (χ1v) is 10.1. The highest BCUT2D eigenvalue weighted by Gasteiger charge is 2.17. The number of ketones is 1. The number of hydrogen-bond acceptors (Lipinski definition) is 7. The second-order valence-corrected chi connectivity index (χ2v) is 6.87. The normalized spacial score (nSPS) is 10.8. The summed E-state index contributed by atoms with van der Waals surface area (Å²) >= 11 is 0. The van der Waals surface area contributed by atoms with E-state index < -0.39 is 5.97 Å². The van der Waals surface area contributed by atoms with E-state index >= 15 is 0 Å². The van der Waals surface area contributed by atoms with Gasteiger partial charge in [0.25, 0.3) is 0 Å². The van der Waals surface area contributed by atoms with E-state index in [0.29, 0.717) is 40.6 Å². The predicted molar refractivity (Wildman–Crippen MR) is 121 cm³/mol. The zero-order chi connectivity index (χ0) is 23.7. The number of carbonyl (C=O) groups is 2. The number of allylic oxidation sites excluding steroid dienone is 1. The lowest BCUT2D eigenvalue weighted by Crippen LogP contribution is -2.07. The first-order valence-electron chi connectivity index (χ1n) is 10.1. The number of methoxy groups -OCH3 is 2. The van der Waals surface area contributed by atoms with Crippen molar-refractivity contribution in [2.45, 2.75) is 27.2 Å². The number of carbonyl (C=O) groups excluding carboxylic acids is 2. The van der Waals surface area contributed by atoms with Crippen LogP contribution in [0.2, 0.25) is 0 Å². The fraction of sp³-hybridized carbons (Fsp3) is 0.280. The van der Waals surface area contributed by atoms with Crippen LogP contribution in [0, 0.1) is 0 Å². The Morgan fingerprint density at radius 1 is 0.938 bits per heavy atom. The quantitative estimate of drug-likeness (QED) is 0.206. The maximum atomic E-state index is 12.3. The van der Waals surface area contributed by atoms with E-state index in [9.17, 15) is 9.59 Å². The minimum absolute atomic E-state index is 0.169. The highest BCUT2D eigenvalue weighted by atomic mass is 16.5. The van der Waals surface area contributed by atoms with Gasteiger partial charge >= 0.3 is 5.97 Å². The van der Waals surface area contributed by atoms with E-state index in [2.05, 4.69) is 6.58 Å². The summed E-state index contributed by atoms with van der Waals surface area (Å²) in [7, 11) is 3.01. The number of Topliss-reactive ketones (excluding diaryl/α,β-unsaturated/α-hetero) is 1. The van der Waals surface area contributed by atoms with Crippen molar-refractivity contribution in [3.05, 3.63) is 65.9 Å². The van der Waals surface area contributed by atoms with Crippen LogP contribution >= 0.6 is 0 Å². The van der Waals surface area contributed by atoms with E-state index in [1.54, 1.807) is 43.3 Å². The molecule has 0 radical (unpaired) electrons. The minimum atomic E-state index is -0.574. The third-order valence-electron chi connectivity index (χ3n) is 4.22. The summed E-state index contributed by atoms with van der Waals surface area (Å²) in [6.07, 6.45) is 1.91. The van der Waals surface area contributed by atoms with Crippen LogP contribution in [0.5, 0.6) is 23.0 Å². The largest absolute Gasteiger partial charge is 0.497 e. The molecule has 0 fully saturated rings. The molecule has 2 aromatic carbocycles. The van der Waals surface area contributed by atoms with Crippen molar-refractivity contribution in [1.29, 1.82) is 0 Å². The van der Waals surface area contributed by atoms with Crippen molar-refractivity contribution in [2.24, 2.45) is 0 Å². The van der Waals surface area contributed by atoms with Gasteiger partial charge in [-0.3, -0.25) is 4.79 Å². The van der Waals surface area contributed by atoms with E-state index in [4.69, 9.17) is 23.7 Å². The van der Waals surface area contributed by atoms with Gasteiger partial charge in [0.05, 0.1) is 38.2 Å². The van der Waals surface area contributed by atoms with Crippen LogP contribution < -0.4 is 18.9 Å². The number of esters is 1. The molecule has 2 aromatic rings. The van der Waals surface area contributed by atoms with Crippen LogP contribution in [-0.2, 0) is 9.53 Å². The summed E-state index contributed by atoms with van der Waals surface area (Å²) in [6, 6.07) is 9.88. The molecular formula is C25H28O7. The Morgan fingerprint density at radius 2 is 1.69 bits per heavy atom. The SMILES string of the molecule is C=C(C)Oc1ccc(/C(=C\C(=O)OCCC)Oc2cc(OC)ccc2C(C)=O)cc1OC. The second kappa shape index (κ2) is 11.6. The maximum Gasteiger partial charge on any atom is 0.334 e. The maximum absolute atomic E-state index is 12.3. The van der Waals surface area contributed by atoms with Gasteiger partial charge in [-0.1, -0.05) is 13.5 Å². The minimum Gasteiger partial charge on any atom is -0.497 e. The molecule has 2 rings (SSSR count). The van der Waals surface area contributed by atoms with Gasteiger partial charge in [0, 0.05) is 11.6 Å². The molecule has 0 bridgehead atoms. The molecule has 0 N–H and O–H groups in total. The number of rotatable bonds is 11. The molecule has 0 unspecified atom stereocenters. The molecule has 0 aliphatic carbocycles. The van der Waals surface area contributed by atoms with Crippen molar-refractivity contribution >= 4 is 17.5 Å². The van der Waals surface area contributed by atoms with E-state index in [1.807, 2.05) is 6.92 Å². The summed E-state index contributed by atoms with van der Waals surface area (Å²) in [4.78, 5) is 24.5. The van der Waals surface area contributed by atoms with Gasteiger partial charge in [-0.15, -0.1) is 0 Å². The van der Waals surface area contributed by atoms with Crippen LogP contribution in [-0.4, -0.2) is 32.6 Å². The monoisotopic (exact) mass is 440 g/mol. The van der Waals surface area contributed by atoms with Crippen LogP contribution in [0.25, 0.3) is 5.76 Å². The van der Waals surface area contributed by atoms with Crippen LogP contribution in [0.1, 0.15) is 43.1 Å². The molecule has 32 heavy (non-hydrogen) atoms. The Hall–Kier alpha value is -3.74. The Balaban J connectivity index is 2.55. The van der Waals surface area contributed by atoms with Crippen LogP contribution in [0.15, 0.2) is 54.8 Å². The van der Waals surface area contributed by atoms with Crippen molar-refractivity contribution in [3.8, 4) is 23.0 Å². The molecule has 0 saturated carbocycles. The Morgan fingerprint density at radius 3 is 2.28 bits per heavy atom. The fourth-order valence-electron chi connectivity index (χ4n) is 2.74. The molecule has 7 nitrogen and oxygen atoms in total. The zero-order valence-electron chi connectivity index (χ0n) is 19.0. The summed E-state index contributed by atoms with van der Waals surface area (Å²) in [5.74, 6) is 1.51. The number of hydrogen-bond donors (Lipinski definition) is 0. The molecule has 0 atom stereocenters.